The largest absolute Gasteiger partial charge is 0.328 e. The maximum atomic E-state index is 13.2. The summed E-state index contributed by atoms with van der Waals surface area (Å²) in [7, 11) is 0. The summed E-state index contributed by atoms with van der Waals surface area (Å²) in [4.78, 5) is 2.26. The summed E-state index contributed by atoms with van der Waals surface area (Å²) in [5, 5.41) is 0. The van der Waals surface area contributed by atoms with E-state index in [9.17, 15) is 8.78 Å². The highest BCUT2D eigenvalue weighted by Gasteiger charge is 2.27. The smallest absolute Gasteiger partial charge is 0.126 e. The van der Waals surface area contributed by atoms with E-state index in [1.165, 1.54) is 12.1 Å². The molecule has 1 fully saturated rings. The van der Waals surface area contributed by atoms with Crippen molar-refractivity contribution in [3.8, 4) is 0 Å². The van der Waals surface area contributed by atoms with Crippen LogP contribution in [0.5, 0.6) is 0 Å². The van der Waals surface area contributed by atoms with E-state index in [2.05, 4.69) is 11.8 Å². The lowest BCUT2D eigenvalue weighted by atomic mass is 9.95. The van der Waals surface area contributed by atoms with Gasteiger partial charge in [-0.2, -0.15) is 0 Å². The van der Waals surface area contributed by atoms with E-state index >= 15 is 0 Å². The first kappa shape index (κ1) is 13.4. The van der Waals surface area contributed by atoms with Gasteiger partial charge in [-0.15, -0.1) is 0 Å². The lowest BCUT2D eigenvalue weighted by Crippen LogP contribution is -2.46. The van der Waals surface area contributed by atoms with Crippen molar-refractivity contribution in [3.05, 3.63) is 35.4 Å². The summed E-state index contributed by atoms with van der Waals surface area (Å²) in [5.74, 6) is -1.03. The predicted molar refractivity (Wildman–Crippen MR) is 68.2 cm³/mol. The highest BCUT2D eigenvalue weighted by atomic mass is 19.1. The van der Waals surface area contributed by atoms with Crippen molar-refractivity contribution in [2.75, 3.05) is 6.54 Å². The van der Waals surface area contributed by atoms with Crippen LogP contribution < -0.4 is 5.73 Å². The van der Waals surface area contributed by atoms with Gasteiger partial charge in [0.2, 0.25) is 0 Å². The number of piperidine rings is 1. The minimum atomic E-state index is -0.516. The van der Waals surface area contributed by atoms with Crippen molar-refractivity contribution in [2.45, 2.75) is 44.8 Å². The average molecular weight is 254 g/mol. The lowest BCUT2D eigenvalue weighted by Gasteiger charge is -2.40. The summed E-state index contributed by atoms with van der Waals surface area (Å²) in [5.41, 5.74) is 6.62. The van der Waals surface area contributed by atoms with Crippen LogP contribution in [0.15, 0.2) is 18.2 Å². The first-order chi connectivity index (χ1) is 8.47. The minimum absolute atomic E-state index is 0.0118. The normalized spacial score (nSPS) is 27.2. The Kier molecular flexibility index (Phi) is 3.97. The third kappa shape index (κ3) is 2.87. The van der Waals surface area contributed by atoms with Crippen molar-refractivity contribution in [2.24, 2.45) is 5.73 Å². The van der Waals surface area contributed by atoms with Gasteiger partial charge < -0.3 is 5.73 Å². The van der Waals surface area contributed by atoms with Gasteiger partial charge in [-0.25, -0.2) is 8.78 Å². The van der Waals surface area contributed by atoms with Crippen molar-refractivity contribution in [1.29, 1.82) is 0 Å². The number of likely N-dealkylation sites (tertiary alicyclic amines) is 1. The van der Waals surface area contributed by atoms with Crippen molar-refractivity contribution >= 4 is 0 Å². The lowest BCUT2D eigenvalue weighted by molar-refractivity contribution is 0.104. The van der Waals surface area contributed by atoms with Gasteiger partial charge in [-0.05, 0) is 44.4 Å². The summed E-state index contributed by atoms with van der Waals surface area (Å²) in [6.07, 6.45) is 1.87. The van der Waals surface area contributed by atoms with Crippen LogP contribution in [-0.2, 0) is 0 Å². The van der Waals surface area contributed by atoms with E-state index in [-0.39, 0.29) is 12.1 Å². The number of hydrogen-bond donors (Lipinski definition) is 1. The third-order valence-corrected chi connectivity index (χ3v) is 3.83. The fourth-order valence-electron chi connectivity index (χ4n) is 2.81. The second-order valence-electron chi connectivity index (χ2n) is 5.25. The second-order valence-corrected chi connectivity index (χ2v) is 5.25. The van der Waals surface area contributed by atoms with Gasteiger partial charge in [-0.3, -0.25) is 4.90 Å². The molecule has 18 heavy (non-hydrogen) atoms. The van der Waals surface area contributed by atoms with Crippen LogP contribution in [-0.4, -0.2) is 23.5 Å². The first-order valence-corrected chi connectivity index (χ1v) is 6.44. The highest BCUT2D eigenvalue weighted by molar-refractivity contribution is 5.21. The summed E-state index contributed by atoms with van der Waals surface area (Å²) >= 11 is 0. The van der Waals surface area contributed by atoms with Crippen molar-refractivity contribution < 1.29 is 8.78 Å². The molecule has 0 amide bonds. The molecule has 3 atom stereocenters. The van der Waals surface area contributed by atoms with E-state index in [0.717, 1.165) is 25.5 Å². The number of nitrogens with two attached hydrogens (primary N) is 1. The van der Waals surface area contributed by atoms with Crippen LogP contribution in [0, 0.1) is 11.6 Å². The average Bonchev–Trinajstić information content (AvgIpc) is 2.26. The Morgan fingerprint density at radius 2 is 1.89 bits per heavy atom. The van der Waals surface area contributed by atoms with Gasteiger partial charge in [0, 0.05) is 30.7 Å². The van der Waals surface area contributed by atoms with Crippen molar-refractivity contribution in [1.82, 2.24) is 4.90 Å². The SMILES string of the molecule is CC1CC(N)CCN1C(C)c1cc(F)cc(F)c1. The molecule has 1 aliphatic heterocycles. The molecule has 2 N–H and O–H groups in total. The third-order valence-electron chi connectivity index (χ3n) is 3.83. The van der Waals surface area contributed by atoms with Crippen LogP contribution in [0.1, 0.15) is 38.3 Å². The van der Waals surface area contributed by atoms with E-state index in [0.29, 0.717) is 11.6 Å². The molecule has 0 bridgehead atoms. The van der Waals surface area contributed by atoms with Gasteiger partial charge in [0.1, 0.15) is 11.6 Å². The van der Waals surface area contributed by atoms with Gasteiger partial charge in [0.05, 0.1) is 0 Å². The van der Waals surface area contributed by atoms with Crippen LogP contribution in [0.2, 0.25) is 0 Å². The molecule has 1 aliphatic rings. The number of hydrogen-bond acceptors (Lipinski definition) is 2. The Morgan fingerprint density at radius 1 is 1.28 bits per heavy atom. The van der Waals surface area contributed by atoms with Crippen LogP contribution in [0.25, 0.3) is 0 Å². The molecule has 2 rings (SSSR count). The van der Waals surface area contributed by atoms with Crippen LogP contribution in [0.3, 0.4) is 0 Å². The molecule has 1 aromatic carbocycles. The standard InChI is InChI=1S/C14H20F2N2/c1-9-5-14(17)3-4-18(9)10(2)11-6-12(15)8-13(16)7-11/h6-10,14H,3-5,17H2,1-2H3. The Morgan fingerprint density at radius 3 is 2.44 bits per heavy atom. The molecule has 3 unspecified atom stereocenters. The summed E-state index contributed by atoms with van der Waals surface area (Å²) in [6.45, 7) is 4.98. The minimum Gasteiger partial charge on any atom is -0.328 e. The van der Waals surface area contributed by atoms with E-state index in [1.54, 1.807) is 0 Å². The number of benzene rings is 1. The molecule has 2 nitrogen and oxygen atoms in total. The Labute approximate surface area is 107 Å². The molecule has 0 aliphatic carbocycles. The van der Waals surface area contributed by atoms with Crippen LogP contribution >= 0.6 is 0 Å². The maximum Gasteiger partial charge on any atom is 0.126 e. The Hall–Kier alpha value is -1.00. The first-order valence-electron chi connectivity index (χ1n) is 6.44. The number of nitrogens with zero attached hydrogens (tertiary/aromatic N) is 1. The maximum absolute atomic E-state index is 13.2. The zero-order valence-electron chi connectivity index (χ0n) is 10.9. The molecule has 100 valence electrons. The summed E-state index contributed by atoms with van der Waals surface area (Å²) in [6, 6.07) is 4.33. The summed E-state index contributed by atoms with van der Waals surface area (Å²) < 4.78 is 26.5. The van der Waals surface area contributed by atoms with E-state index in [1.807, 2.05) is 6.92 Å². The molecule has 1 heterocycles. The van der Waals surface area contributed by atoms with Gasteiger partial charge in [-0.1, -0.05) is 0 Å². The molecule has 0 spiro atoms. The predicted octanol–water partition coefficient (Wildman–Crippen LogP) is 2.84. The fourth-order valence-corrected chi connectivity index (χ4v) is 2.81. The fraction of sp³-hybridized carbons (Fsp3) is 0.571. The molecular formula is C14H20F2N2. The highest BCUT2D eigenvalue weighted by Crippen LogP contribution is 2.28. The second kappa shape index (κ2) is 5.33. The molecule has 0 saturated carbocycles. The quantitative estimate of drug-likeness (QED) is 0.879. The number of rotatable bonds is 2. The van der Waals surface area contributed by atoms with Gasteiger partial charge in [0.25, 0.3) is 0 Å². The molecule has 0 radical (unpaired) electrons. The van der Waals surface area contributed by atoms with Gasteiger partial charge >= 0.3 is 0 Å². The molecule has 1 aromatic rings. The number of halogens is 2. The van der Waals surface area contributed by atoms with Crippen molar-refractivity contribution in [3.63, 3.8) is 0 Å². The molecular weight excluding hydrogens is 234 g/mol. The van der Waals surface area contributed by atoms with E-state index < -0.39 is 11.6 Å². The monoisotopic (exact) mass is 254 g/mol. The molecule has 0 aromatic heterocycles. The molecule has 1 saturated heterocycles. The molecule has 4 heteroatoms. The van der Waals surface area contributed by atoms with E-state index in [4.69, 9.17) is 5.73 Å². The Balaban J connectivity index is 2.17. The topological polar surface area (TPSA) is 29.3 Å². The Bertz CT molecular complexity index is 402. The zero-order chi connectivity index (χ0) is 13.3. The zero-order valence-corrected chi connectivity index (χ0v) is 10.9. The van der Waals surface area contributed by atoms with Gasteiger partial charge in [0.15, 0.2) is 0 Å². The van der Waals surface area contributed by atoms with Crippen LogP contribution in [0.4, 0.5) is 8.78 Å².